The summed E-state index contributed by atoms with van der Waals surface area (Å²) >= 11 is 0. The summed E-state index contributed by atoms with van der Waals surface area (Å²) in [7, 11) is 0. The number of esters is 1. The lowest BCUT2D eigenvalue weighted by atomic mass is 10.0. The highest BCUT2D eigenvalue weighted by molar-refractivity contribution is 5.85. The van der Waals surface area contributed by atoms with Crippen molar-refractivity contribution in [3.05, 3.63) is 35.9 Å². The number of benzene rings is 1. The average molecular weight is 258 g/mol. The highest BCUT2D eigenvalue weighted by Crippen LogP contribution is 2.16. The van der Waals surface area contributed by atoms with Crippen LogP contribution in [0.15, 0.2) is 30.3 Å². The summed E-state index contributed by atoms with van der Waals surface area (Å²) < 4.78 is 5.21. The first-order valence-corrected chi connectivity index (χ1v) is 5.41. The second-order valence-corrected chi connectivity index (χ2v) is 4.81. The molecule has 0 radical (unpaired) electrons. The molecule has 0 amide bonds. The minimum atomic E-state index is -0.451. The van der Waals surface area contributed by atoms with E-state index in [2.05, 4.69) is 0 Å². The number of hydrogen-bond donors (Lipinski definition) is 1. The SMILES string of the molecule is CC(C)(C)OC(=O)C[C@@H](N)c1ccccc1.Cl. The molecule has 0 aliphatic heterocycles. The second kappa shape index (κ2) is 6.62. The van der Waals surface area contributed by atoms with Crippen LogP contribution in [-0.2, 0) is 9.53 Å². The van der Waals surface area contributed by atoms with Gasteiger partial charge in [0.25, 0.3) is 0 Å². The normalized spacial score (nSPS) is 12.5. The predicted molar refractivity (Wildman–Crippen MR) is 71.1 cm³/mol. The Labute approximate surface area is 109 Å². The molecule has 0 bridgehead atoms. The summed E-state index contributed by atoms with van der Waals surface area (Å²) in [6.45, 7) is 5.54. The molecule has 0 aromatic heterocycles. The maximum Gasteiger partial charge on any atom is 0.308 e. The Hall–Kier alpha value is -1.06. The van der Waals surface area contributed by atoms with Crippen LogP contribution in [0.4, 0.5) is 0 Å². The Morgan fingerprint density at radius 2 is 1.82 bits per heavy atom. The summed E-state index contributed by atoms with van der Waals surface area (Å²) in [6, 6.07) is 9.26. The van der Waals surface area contributed by atoms with Gasteiger partial charge in [-0.05, 0) is 26.3 Å². The molecule has 0 aliphatic carbocycles. The molecule has 0 saturated carbocycles. The van der Waals surface area contributed by atoms with Gasteiger partial charge in [-0.25, -0.2) is 0 Å². The lowest BCUT2D eigenvalue weighted by Crippen LogP contribution is -2.26. The third kappa shape index (κ3) is 6.29. The number of carbonyl (C=O) groups is 1. The van der Waals surface area contributed by atoms with Crippen molar-refractivity contribution in [2.24, 2.45) is 5.73 Å². The fourth-order valence-electron chi connectivity index (χ4n) is 1.38. The van der Waals surface area contributed by atoms with E-state index in [9.17, 15) is 4.79 Å². The molecule has 0 fully saturated rings. The van der Waals surface area contributed by atoms with Crippen LogP contribution in [0.3, 0.4) is 0 Å². The molecule has 0 aliphatic rings. The van der Waals surface area contributed by atoms with Gasteiger partial charge in [0.2, 0.25) is 0 Å². The van der Waals surface area contributed by atoms with Gasteiger partial charge in [0, 0.05) is 6.04 Å². The van der Waals surface area contributed by atoms with Crippen LogP contribution >= 0.6 is 12.4 Å². The Kier molecular flexibility index (Phi) is 6.21. The monoisotopic (exact) mass is 257 g/mol. The number of carbonyl (C=O) groups excluding carboxylic acids is 1. The number of ether oxygens (including phenoxy) is 1. The summed E-state index contributed by atoms with van der Waals surface area (Å²) in [6.07, 6.45) is 0.210. The molecule has 3 nitrogen and oxygen atoms in total. The van der Waals surface area contributed by atoms with Crippen LogP contribution in [0.5, 0.6) is 0 Å². The van der Waals surface area contributed by atoms with Gasteiger partial charge < -0.3 is 10.5 Å². The molecule has 0 unspecified atom stereocenters. The smallest absolute Gasteiger partial charge is 0.308 e. The van der Waals surface area contributed by atoms with Gasteiger partial charge in [-0.15, -0.1) is 12.4 Å². The van der Waals surface area contributed by atoms with Gasteiger partial charge in [-0.3, -0.25) is 4.79 Å². The van der Waals surface area contributed by atoms with Gasteiger partial charge in [0.15, 0.2) is 0 Å². The van der Waals surface area contributed by atoms with Gasteiger partial charge in [0.1, 0.15) is 5.60 Å². The quantitative estimate of drug-likeness (QED) is 0.848. The molecule has 2 N–H and O–H groups in total. The summed E-state index contributed by atoms with van der Waals surface area (Å²) in [5.41, 5.74) is 6.42. The lowest BCUT2D eigenvalue weighted by Gasteiger charge is -2.21. The minimum Gasteiger partial charge on any atom is -0.460 e. The molecule has 96 valence electrons. The van der Waals surface area contributed by atoms with E-state index >= 15 is 0 Å². The molecule has 1 aromatic carbocycles. The van der Waals surface area contributed by atoms with E-state index in [4.69, 9.17) is 10.5 Å². The average Bonchev–Trinajstić information content (AvgIpc) is 2.16. The van der Waals surface area contributed by atoms with Crippen LogP contribution in [0.25, 0.3) is 0 Å². The molecule has 0 spiro atoms. The number of hydrogen-bond acceptors (Lipinski definition) is 3. The van der Waals surface area contributed by atoms with E-state index in [1.807, 2.05) is 51.1 Å². The second-order valence-electron chi connectivity index (χ2n) is 4.81. The van der Waals surface area contributed by atoms with E-state index in [-0.39, 0.29) is 30.8 Å². The first-order valence-electron chi connectivity index (χ1n) is 5.41. The molecule has 0 heterocycles. The third-order valence-corrected chi connectivity index (χ3v) is 2.03. The van der Waals surface area contributed by atoms with Gasteiger partial charge in [-0.1, -0.05) is 30.3 Å². The van der Waals surface area contributed by atoms with Crippen molar-refractivity contribution in [3.8, 4) is 0 Å². The zero-order valence-corrected chi connectivity index (χ0v) is 11.3. The molecule has 4 heteroatoms. The molecule has 1 atom stereocenters. The molecule has 1 aromatic rings. The fraction of sp³-hybridized carbons (Fsp3) is 0.462. The van der Waals surface area contributed by atoms with Crippen LogP contribution in [-0.4, -0.2) is 11.6 Å². The van der Waals surface area contributed by atoms with Gasteiger partial charge in [0.05, 0.1) is 6.42 Å². The van der Waals surface area contributed by atoms with Crippen LogP contribution in [0, 0.1) is 0 Å². The Morgan fingerprint density at radius 1 is 1.29 bits per heavy atom. The van der Waals surface area contributed by atoms with Gasteiger partial charge >= 0.3 is 5.97 Å². The van der Waals surface area contributed by atoms with Crippen LogP contribution in [0.2, 0.25) is 0 Å². The van der Waals surface area contributed by atoms with Crippen molar-refractivity contribution in [2.75, 3.05) is 0 Å². The first-order chi connectivity index (χ1) is 7.38. The summed E-state index contributed by atoms with van der Waals surface area (Å²) in [5, 5.41) is 0. The van der Waals surface area contributed by atoms with Crippen molar-refractivity contribution < 1.29 is 9.53 Å². The Balaban J connectivity index is 0.00000256. The van der Waals surface area contributed by atoms with Crippen molar-refractivity contribution in [2.45, 2.75) is 38.8 Å². The molecule has 0 saturated heterocycles. The molecule has 1 rings (SSSR count). The topological polar surface area (TPSA) is 52.3 Å². The van der Waals surface area contributed by atoms with E-state index < -0.39 is 5.60 Å². The van der Waals surface area contributed by atoms with Crippen molar-refractivity contribution >= 4 is 18.4 Å². The first kappa shape index (κ1) is 15.9. The third-order valence-electron chi connectivity index (χ3n) is 2.03. The Morgan fingerprint density at radius 3 is 2.29 bits per heavy atom. The largest absolute Gasteiger partial charge is 0.460 e. The van der Waals surface area contributed by atoms with E-state index in [0.29, 0.717) is 0 Å². The van der Waals surface area contributed by atoms with E-state index in [1.54, 1.807) is 0 Å². The zero-order chi connectivity index (χ0) is 12.2. The summed E-state index contributed by atoms with van der Waals surface area (Å²) in [4.78, 5) is 11.5. The van der Waals surface area contributed by atoms with E-state index in [1.165, 1.54) is 0 Å². The fourth-order valence-corrected chi connectivity index (χ4v) is 1.38. The maximum absolute atomic E-state index is 11.5. The standard InChI is InChI=1S/C13H19NO2.ClH/c1-13(2,3)16-12(15)9-11(14)10-7-5-4-6-8-10;/h4-8,11H,9,14H2,1-3H3;1H/t11-;/m1./s1. The molecular formula is C13H20ClNO2. The summed E-state index contributed by atoms with van der Waals surface area (Å²) in [5.74, 6) is -0.260. The minimum absolute atomic E-state index is 0. The van der Waals surface area contributed by atoms with Crippen LogP contribution in [0.1, 0.15) is 38.8 Å². The van der Waals surface area contributed by atoms with Crippen LogP contribution < -0.4 is 5.73 Å². The highest BCUT2D eigenvalue weighted by atomic mass is 35.5. The molecular weight excluding hydrogens is 238 g/mol. The highest BCUT2D eigenvalue weighted by Gasteiger charge is 2.19. The van der Waals surface area contributed by atoms with Crippen molar-refractivity contribution in [3.63, 3.8) is 0 Å². The van der Waals surface area contributed by atoms with Crippen molar-refractivity contribution in [1.82, 2.24) is 0 Å². The number of rotatable bonds is 3. The van der Waals surface area contributed by atoms with E-state index in [0.717, 1.165) is 5.56 Å². The number of nitrogens with two attached hydrogens (primary N) is 1. The zero-order valence-electron chi connectivity index (χ0n) is 10.5. The van der Waals surface area contributed by atoms with Crippen molar-refractivity contribution in [1.29, 1.82) is 0 Å². The Bertz CT molecular complexity index is 346. The number of halogens is 1. The predicted octanol–water partition coefficient (Wildman–Crippen LogP) is 2.84. The van der Waals surface area contributed by atoms with Gasteiger partial charge in [-0.2, -0.15) is 0 Å². The maximum atomic E-state index is 11.5. The molecule has 17 heavy (non-hydrogen) atoms. The lowest BCUT2D eigenvalue weighted by molar-refractivity contribution is -0.155.